The Morgan fingerprint density at radius 2 is 1.86 bits per heavy atom. The average molecular weight is 442 g/mol. The predicted octanol–water partition coefficient (Wildman–Crippen LogP) is 4.34. The number of methoxy groups -OCH3 is 1. The number of rotatable bonds is 4. The lowest BCUT2D eigenvalue weighted by Gasteiger charge is -2.18. The number of benzene rings is 2. The standard InChI is InChI=1S/C22H20BrNO4/c1-13-4-6-15(7-5-13)12-24-14(2)20(22(27)28-3)18(21(24)26)11-16-10-17(23)8-9-19(16)25/h4-11,25H,12H2,1-3H3/b18-11-. The van der Waals surface area contributed by atoms with Gasteiger partial charge >= 0.3 is 5.97 Å². The number of phenols is 1. The molecule has 2 aromatic carbocycles. The largest absolute Gasteiger partial charge is 0.507 e. The molecule has 1 aliphatic rings. The number of allylic oxidation sites excluding steroid dienone is 1. The van der Waals surface area contributed by atoms with Crippen molar-refractivity contribution in [3.05, 3.63) is 80.5 Å². The number of carbonyl (C=O) groups is 2. The molecule has 0 fully saturated rings. The lowest BCUT2D eigenvalue weighted by Crippen LogP contribution is -2.24. The SMILES string of the molecule is COC(=O)C1=C(C)N(Cc2ccc(C)cc2)C(=O)/C1=C\c1cc(Br)ccc1O. The van der Waals surface area contributed by atoms with Gasteiger partial charge in [0.2, 0.25) is 0 Å². The van der Waals surface area contributed by atoms with Gasteiger partial charge in [0.25, 0.3) is 5.91 Å². The van der Waals surface area contributed by atoms with Crippen LogP contribution in [0.25, 0.3) is 6.08 Å². The topological polar surface area (TPSA) is 66.8 Å². The van der Waals surface area contributed by atoms with Crippen LogP contribution in [0.1, 0.15) is 23.6 Å². The summed E-state index contributed by atoms with van der Waals surface area (Å²) >= 11 is 3.35. The van der Waals surface area contributed by atoms with Gasteiger partial charge in [-0.15, -0.1) is 0 Å². The summed E-state index contributed by atoms with van der Waals surface area (Å²) in [6, 6.07) is 12.8. The second-order valence-corrected chi connectivity index (χ2v) is 7.51. The third-order valence-electron chi connectivity index (χ3n) is 4.65. The van der Waals surface area contributed by atoms with Crippen LogP contribution in [-0.4, -0.2) is 29.0 Å². The fourth-order valence-corrected chi connectivity index (χ4v) is 3.47. The summed E-state index contributed by atoms with van der Waals surface area (Å²) in [5.74, 6) is -0.877. The van der Waals surface area contributed by atoms with Gasteiger partial charge < -0.3 is 14.7 Å². The second-order valence-electron chi connectivity index (χ2n) is 6.59. The summed E-state index contributed by atoms with van der Waals surface area (Å²) in [6.45, 7) is 4.06. The first-order chi connectivity index (χ1) is 13.3. The zero-order valence-electron chi connectivity index (χ0n) is 15.8. The summed E-state index contributed by atoms with van der Waals surface area (Å²) in [6.07, 6.45) is 1.52. The van der Waals surface area contributed by atoms with Gasteiger partial charge in [-0.25, -0.2) is 4.79 Å². The first kappa shape index (κ1) is 19.9. The maximum Gasteiger partial charge on any atom is 0.340 e. The van der Waals surface area contributed by atoms with E-state index in [-0.39, 0.29) is 22.8 Å². The van der Waals surface area contributed by atoms with Crippen LogP contribution in [0.15, 0.2) is 63.8 Å². The van der Waals surface area contributed by atoms with Crippen molar-refractivity contribution < 1.29 is 19.4 Å². The van der Waals surface area contributed by atoms with Crippen LogP contribution in [0.5, 0.6) is 5.75 Å². The lowest BCUT2D eigenvalue weighted by atomic mass is 10.0. The van der Waals surface area contributed by atoms with Crippen LogP contribution in [0.4, 0.5) is 0 Å². The van der Waals surface area contributed by atoms with Gasteiger partial charge in [-0.1, -0.05) is 45.8 Å². The smallest absolute Gasteiger partial charge is 0.340 e. The molecule has 6 heteroatoms. The highest BCUT2D eigenvalue weighted by Gasteiger charge is 2.37. The van der Waals surface area contributed by atoms with Crippen molar-refractivity contribution in [2.45, 2.75) is 20.4 Å². The molecule has 0 aliphatic carbocycles. The van der Waals surface area contributed by atoms with Gasteiger partial charge in [-0.05, 0) is 43.7 Å². The number of aryl methyl sites for hydroxylation is 1. The van der Waals surface area contributed by atoms with Gasteiger partial charge in [-0.3, -0.25) is 4.79 Å². The number of halogens is 1. The van der Waals surface area contributed by atoms with Gasteiger partial charge in [0, 0.05) is 15.7 Å². The number of esters is 1. The molecule has 1 heterocycles. The molecule has 144 valence electrons. The molecule has 0 saturated heterocycles. The van der Waals surface area contributed by atoms with E-state index in [1.54, 1.807) is 24.0 Å². The van der Waals surface area contributed by atoms with Crippen molar-refractivity contribution in [2.24, 2.45) is 0 Å². The molecule has 0 aromatic heterocycles. The highest BCUT2D eigenvalue weighted by molar-refractivity contribution is 9.10. The van der Waals surface area contributed by atoms with Gasteiger partial charge in [0.1, 0.15) is 5.75 Å². The van der Waals surface area contributed by atoms with E-state index in [9.17, 15) is 14.7 Å². The third-order valence-corrected chi connectivity index (χ3v) is 5.15. The minimum atomic E-state index is -0.585. The molecular weight excluding hydrogens is 422 g/mol. The van der Waals surface area contributed by atoms with Gasteiger partial charge in [0.05, 0.1) is 24.8 Å². The summed E-state index contributed by atoms with van der Waals surface area (Å²) in [5.41, 5.74) is 3.45. The minimum absolute atomic E-state index is 0.0161. The van der Waals surface area contributed by atoms with Gasteiger partial charge in [-0.2, -0.15) is 0 Å². The van der Waals surface area contributed by atoms with Crippen molar-refractivity contribution in [2.75, 3.05) is 7.11 Å². The quantitative estimate of drug-likeness (QED) is 0.565. The van der Waals surface area contributed by atoms with Crippen LogP contribution in [0.3, 0.4) is 0 Å². The molecule has 0 atom stereocenters. The monoisotopic (exact) mass is 441 g/mol. The minimum Gasteiger partial charge on any atom is -0.507 e. The highest BCUT2D eigenvalue weighted by atomic mass is 79.9. The Kier molecular flexibility index (Phi) is 5.70. The zero-order valence-corrected chi connectivity index (χ0v) is 17.4. The van der Waals surface area contributed by atoms with E-state index < -0.39 is 5.97 Å². The zero-order chi connectivity index (χ0) is 20.4. The Morgan fingerprint density at radius 3 is 2.50 bits per heavy atom. The summed E-state index contributed by atoms with van der Waals surface area (Å²) in [5, 5.41) is 10.1. The third kappa shape index (κ3) is 3.87. The van der Waals surface area contributed by atoms with Crippen molar-refractivity contribution >= 4 is 33.9 Å². The Morgan fingerprint density at radius 1 is 1.18 bits per heavy atom. The number of hydrogen-bond acceptors (Lipinski definition) is 4. The number of carbonyl (C=O) groups excluding carboxylic acids is 2. The molecule has 28 heavy (non-hydrogen) atoms. The molecule has 0 unspecified atom stereocenters. The van der Waals surface area contributed by atoms with Crippen molar-refractivity contribution in [1.82, 2.24) is 4.90 Å². The molecular formula is C22H20BrNO4. The van der Waals surface area contributed by atoms with E-state index in [1.807, 2.05) is 31.2 Å². The van der Waals surface area contributed by atoms with E-state index in [4.69, 9.17) is 4.74 Å². The molecule has 3 rings (SSSR count). The Hall–Kier alpha value is -2.86. The molecule has 5 nitrogen and oxygen atoms in total. The molecule has 2 aromatic rings. The number of hydrogen-bond donors (Lipinski definition) is 1. The first-order valence-corrected chi connectivity index (χ1v) is 9.48. The van der Waals surface area contributed by atoms with Crippen LogP contribution >= 0.6 is 15.9 Å². The summed E-state index contributed by atoms with van der Waals surface area (Å²) < 4.78 is 5.65. The number of ether oxygens (including phenoxy) is 1. The lowest BCUT2D eigenvalue weighted by molar-refractivity contribution is -0.136. The Bertz CT molecular complexity index is 1010. The van der Waals surface area contributed by atoms with E-state index in [0.717, 1.165) is 15.6 Å². The van der Waals surface area contributed by atoms with E-state index >= 15 is 0 Å². The second kappa shape index (κ2) is 8.02. The molecule has 0 spiro atoms. The van der Waals surface area contributed by atoms with Gasteiger partial charge in [0.15, 0.2) is 0 Å². The number of nitrogens with zero attached hydrogens (tertiary/aromatic N) is 1. The highest BCUT2D eigenvalue weighted by Crippen LogP contribution is 2.34. The van der Waals surface area contributed by atoms with E-state index in [2.05, 4.69) is 15.9 Å². The van der Waals surface area contributed by atoms with Crippen molar-refractivity contribution in [3.8, 4) is 5.75 Å². The average Bonchev–Trinajstić information content (AvgIpc) is 2.90. The van der Waals surface area contributed by atoms with Crippen LogP contribution in [0, 0.1) is 6.92 Å². The van der Waals surface area contributed by atoms with Crippen LogP contribution < -0.4 is 0 Å². The fourth-order valence-electron chi connectivity index (χ4n) is 3.09. The van der Waals surface area contributed by atoms with Crippen molar-refractivity contribution in [3.63, 3.8) is 0 Å². The normalized spacial score (nSPS) is 15.5. The Balaban J connectivity index is 2.05. The molecule has 1 aliphatic heterocycles. The first-order valence-electron chi connectivity index (χ1n) is 8.69. The summed E-state index contributed by atoms with van der Waals surface area (Å²) in [7, 11) is 1.28. The molecule has 0 bridgehead atoms. The summed E-state index contributed by atoms with van der Waals surface area (Å²) in [4.78, 5) is 27.1. The maximum atomic E-state index is 13.1. The number of phenolic OH excluding ortho intramolecular Hbond substituents is 1. The number of aromatic hydroxyl groups is 1. The Labute approximate surface area is 172 Å². The van der Waals surface area contributed by atoms with Crippen LogP contribution in [0.2, 0.25) is 0 Å². The van der Waals surface area contributed by atoms with Crippen molar-refractivity contribution in [1.29, 1.82) is 0 Å². The maximum absolute atomic E-state index is 13.1. The van der Waals surface area contributed by atoms with E-state index in [0.29, 0.717) is 17.8 Å². The molecule has 0 saturated carbocycles. The fraction of sp³-hybridized carbons (Fsp3) is 0.182. The predicted molar refractivity (Wildman–Crippen MR) is 110 cm³/mol. The molecule has 0 radical (unpaired) electrons. The molecule has 1 amide bonds. The van der Waals surface area contributed by atoms with Crippen LogP contribution in [-0.2, 0) is 20.9 Å². The number of amides is 1. The van der Waals surface area contributed by atoms with E-state index in [1.165, 1.54) is 19.3 Å². The molecule has 1 N–H and O–H groups in total.